The standard InChI is InChI=1S/C12H12ClNO/c1-7-4-9(13)5-10-11(7)14-6-8(2)12(10)15-3/h4-6H,1-3H3. The van der Waals surface area contributed by atoms with Crippen LogP contribution in [0.4, 0.5) is 0 Å². The molecule has 0 aliphatic rings. The van der Waals surface area contributed by atoms with E-state index in [0.717, 1.165) is 27.8 Å². The van der Waals surface area contributed by atoms with Gasteiger partial charge in [-0.2, -0.15) is 0 Å². The lowest BCUT2D eigenvalue weighted by atomic mass is 10.1. The minimum atomic E-state index is 0.714. The van der Waals surface area contributed by atoms with Crippen molar-refractivity contribution in [1.82, 2.24) is 4.98 Å². The van der Waals surface area contributed by atoms with Crippen LogP contribution in [-0.2, 0) is 0 Å². The Hall–Kier alpha value is -1.28. The molecule has 0 saturated heterocycles. The average Bonchev–Trinajstić information content (AvgIpc) is 2.17. The Morgan fingerprint density at radius 1 is 1.20 bits per heavy atom. The Labute approximate surface area is 93.8 Å². The van der Waals surface area contributed by atoms with Crippen molar-refractivity contribution < 1.29 is 4.74 Å². The number of hydrogen-bond acceptors (Lipinski definition) is 2. The molecule has 0 saturated carbocycles. The SMILES string of the molecule is COc1c(C)cnc2c(C)cc(Cl)cc12. The minimum Gasteiger partial charge on any atom is -0.496 e. The maximum absolute atomic E-state index is 6.02. The van der Waals surface area contributed by atoms with Gasteiger partial charge in [0.15, 0.2) is 0 Å². The van der Waals surface area contributed by atoms with Crippen molar-refractivity contribution in [3.05, 3.63) is 34.5 Å². The highest BCUT2D eigenvalue weighted by Crippen LogP contribution is 2.31. The zero-order valence-electron chi connectivity index (χ0n) is 8.97. The van der Waals surface area contributed by atoms with Crippen LogP contribution in [0.2, 0.25) is 5.02 Å². The summed E-state index contributed by atoms with van der Waals surface area (Å²) in [5, 5.41) is 1.69. The maximum Gasteiger partial charge on any atom is 0.132 e. The van der Waals surface area contributed by atoms with Crippen LogP contribution in [0.15, 0.2) is 18.3 Å². The van der Waals surface area contributed by atoms with Gasteiger partial charge >= 0.3 is 0 Å². The van der Waals surface area contributed by atoms with Crippen LogP contribution in [-0.4, -0.2) is 12.1 Å². The second-order valence-corrected chi connectivity index (χ2v) is 4.03. The topological polar surface area (TPSA) is 22.1 Å². The molecule has 0 bridgehead atoms. The smallest absolute Gasteiger partial charge is 0.132 e. The normalized spacial score (nSPS) is 10.7. The van der Waals surface area contributed by atoms with Crippen LogP contribution in [0.3, 0.4) is 0 Å². The number of nitrogens with zero attached hydrogens (tertiary/aromatic N) is 1. The molecule has 1 aromatic carbocycles. The van der Waals surface area contributed by atoms with Gasteiger partial charge in [-0.3, -0.25) is 4.98 Å². The van der Waals surface area contributed by atoms with E-state index in [1.54, 1.807) is 7.11 Å². The summed E-state index contributed by atoms with van der Waals surface area (Å²) in [7, 11) is 1.66. The van der Waals surface area contributed by atoms with Crippen molar-refractivity contribution in [1.29, 1.82) is 0 Å². The molecule has 0 radical (unpaired) electrons. The van der Waals surface area contributed by atoms with Crippen molar-refractivity contribution in [2.24, 2.45) is 0 Å². The number of benzene rings is 1. The van der Waals surface area contributed by atoms with Crippen LogP contribution in [0, 0.1) is 13.8 Å². The Bertz CT molecular complexity index is 523. The summed E-state index contributed by atoms with van der Waals surface area (Å²) in [6.07, 6.45) is 1.82. The van der Waals surface area contributed by atoms with E-state index < -0.39 is 0 Å². The molecule has 0 amide bonds. The molecular weight excluding hydrogens is 210 g/mol. The van der Waals surface area contributed by atoms with Crippen LogP contribution in [0.5, 0.6) is 5.75 Å². The van der Waals surface area contributed by atoms with Gasteiger partial charge in [0, 0.05) is 22.2 Å². The Kier molecular flexibility index (Phi) is 2.53. The van der Waals surface area contributed by atoms with Gasteiger partial charge in [-0.05, 0) is 31.5 Å². The minimum absolute atomic E-state index is 0.714. The molecule has 3 heteroatoms. The number of halogens is 1. The van der Waals surface area contributed by atoms with Gasteiger partial charge < -0.3 is 4.74 Å². The molecule has 0 aliphatic heterocycles. The van der Waals surface area contributed by atoms with Crippen molar-refractivity contribution in [3.63, 3.8) is 0 Å². The number of rotatable bonds is 1. The van der Waals surface area contributed by atoms with E-state index in [1.165, 1.54) is 0 Å². The molecule has 0 fully saturated rings. The summed E-state index contributed by atoms with van der Waals surface area (Å²) in [6, 6.07) is 3.80. The first-order valence-corrected chi connectivity index (χ1v) is 5.10. The first kappa shape index (κ1) is 10.2. The summed E-state index contributed by atoms with van der Waals surface area (Å²) in [6.45, 7) is 3.97. The van der Waals surface area contributed by atoms with E-state index in [4.69, 9.17) is 16.3 Å². The Balaban J connectivity index is 2.91. The Morgan fingerprint density at radius 3 is 2.60 bits per heavy atom. The third-order valence-electron chi connectivity index (χ3n) is 2.46. The second-order valence-electron chi connectivity index (χ2n) is 3.59. The molecule has 0 aliphatic carbocycles. The fourth-order valence-electron chi connectivity index (χ4n) is 1.78. The van der Waals surface area contributed by atoms with Crippen LogP contribution in [0.25, 0.3) is 10.9 Å². The van der Waals surface area contributed by atoms with Gasteiger partial charge in [0.2, 0.25) is 0 Å². The molecule has 78 valence electrons. The molecule has 1 heterocycles. The number of aromatic nitrogens is 1. The quantitative estimate of drug-likeness (QED) is 0.735. The van der Waals surface area contributed by atoms with Crippen molar-refractivity contribution >= 4 is 22.5 Å². The van der Waals surface area contributed by atoms with Gasteiger partial charge in [0.1, 0.15) is 5.75 Å². The lowest BCUT2D eigenvalue weighted by molar-refractivity contribution is 0.416. The van der Waals surface area contributed by atoms with Gasteiger partial charge in [-0.15, -0.1) is 0 Å². The third-order valence-corrected chi connectivity index (χ3v) is 2.68. The van der Waals surface area contributed by atoms with Gasteiger partial charge in [0.05, 0.1) is 12.6 Å². The predicted octanol–water partition coefficient (Wildman–Crippen LogP) is 3.51. The predicted molar refractivity (Wildman–Crippen MR) is 62.8 cm³/mol. The highest BCUT2D eigenvalue weighted by Gasteiger charge is 2.08. The van der Waals surface area contributed by atoms with Crippen molar-refractivity contribution in [2.75, 3.05) is 7.11 Å². The zero-order valence-corrected chi connectivity index (χ0v) is 9.72. The maximum atomic E-state index is 6.02. The highest BCUT2D eigenvalue weighted by atomic mass is 35.5. The molecule has 0 unspecified atom stereocenters. The third kappa shape index (κ3) is 1.65. The molecular formula is C12H12ClNO. The summed E-state index contributed by atoms with van der Waals surface area (Å²) >= 11 is 6.02. The largest absolute Gasteiger partial charge is 0.496 e. The number of pyridine rings is 1. The van der Waals surface area contributed by atoms with Gasteiger partial charge in [-0.25, -0.2) is 0 Å². The number of fused-ring (bicyclic) bond motifs is 1. The number of ether oxygens (including phenoxy) is 1. The molecule has 2 aromatic rings. The summed E-state index contributed by atoms with van der Waals surface area (Å²) in [5.74, 6) is 0.852. The van der Waals surface area contributed by atoms with E-state index in [9.17, 15) is 0 Å². The van der Waals surface area contributed by atoms with Gasteiger partial charge in [-0.1, -0.05) is 11.6 Å². The van der Waals surface area contributed by atoms with E-state index in [1.807, 2.05) is 32.2 Å². The zero-order chi connectivity index (χ0) is 11.0. The van der Waals surface area contributed by atoms with Crippen LogP contribution >= 0.6 is 11.6 Å². The monoisotopic (exact) mass is 221 g/mol. The Morgan fingerprint density at radius 2 is 1.93 bits per heavy atom. The molecule has 1 aromatic heterocycles. The average molecular weight is 222 g/mol. The molecule has 15 heavy (non-hydrogen) atoms. The lowest BCUT2D eigenvalue weighted by Gasteiger charge is -2.10. The number of methoxy groups -OCH3 is 1. The summed E-state index contributed by atoms with van der Waals surface area (Å²) < 4.78 is 5.37. The summed E-state index contributed by atoms with van der Waals surface area (Å²) in [5.41, 5.74) is 3.03. The molecule has 0 N–H and O–H groups in total. The fraction of sp³-hybridized carbons (Fsp3) is 0.250. The summed E-state index contributed by atoms with van der Waals surface area (Å²) in [4.78, 5) is 4.39. The van der Waals surface area contributed by atoms with Crippen molar-refractivity contribution in [3.8, 4) is 5.75 Å². The lowest BCUT2D eigenvalue weighted by Crippen LogP contribution is -1.92. The molecule has 2 nitrogen and oxygen atoms in total. The van der Waals surface area contributed by atoms with Crippen molar-refractivity contribution in [2.45, 2.75) is 13.8 Å². The second kappa shape index (κ2) is 3.70. The van der Waals surface area contributed by atoms with Crippen LogP contribution < -0.4 is 4.74 Å². The van der Waals surface area contributed by atoms with Crippen LogP contribution in [0.1, 0.15) is 11.1 Å². The number of aryl methyl sites for hydroxylation is 2. The molecule has 0 atom stereocenters. The van der Waals surface area contributed by atoms with E-state index >= 15 is 0 Å². The first-order chi connectivity index (χ1) is 7.13. The van der Waals surface area contributed by atoms with E-state index in [0.29, 0.717) is 5.02 Å². The van der Waals surface area contributed by atoms with E-state index in [-0.39, 0.29) is 0 Å². The number of hydrogen-bond donors (Lipinski definition) is 0. The first-order valence-electron chi connectivity index (χ1n) is 4.73. The highest BCUT2D eigenvalue weighted by molar-refractivity contribution is 6.31. The fourth-order valence-corrected chi connectivity index (χ4v) is 2.06. The molecule has 0 spiro atoms. The van der Waals surface area contributed by atoms with Gasteiger partial charge in [0.25, 0.3) is 0 Å². The molecule has 2 rings (SSSR count). The van der Waals surface area contributed by atoms with E-state index in [2.05, 4.69) is 4.98 Å².